The maximum Gasteiger partial charge on any atom is 0.266 e. The summed E-state index contributed by atoms with van der Waals surface area (Å²) in [6.45, 7) is 2.46. The standard InChI is InChI=1S/C16H17N3O2/c1-2-6-15(20)17-11-12-19-16(21)10-9-14(18-19)13-7-4-3-5-8-13/h2-10H,11-12H2,1H3,(H,17,20)/b6-2+. The number of rotatable bonds is 5. The Morgan fingerprint density at radius 3 is 2.71 bits per heavy atom. The van der Waals surface area contributed by atoms with Gasteiger partial charge in [0.1, 0.15) is 0 Å². The minimum Gasteiger partial charge on any atom is -0.351 e. The topological polar surface area (TPSA) is 64.0 Å². The van der Waals surface area contributed by atoms with E-state index in [9.17, 15) is 9.59 Å². The highest BCUT2D eigenvalue weighted by molar-refractivity contribution is 5.87. The molecule has 0 radical (unpaired) electrons. The fourth-order valence-corrected chi connectivity index (χ4v) is 1.87. The van der Waals surface area contributed by atoms with Gasteiger partial charge in [0.15, 0.2) is 0 Å². The average molecular weight is 283 g/mol. The molecule has 0 spiro atoms. The molecule has 0 unspecified atom stereocenters. The molecule has 5 heteroatoms. The van der Waals surface area contributed by atoms with Crippen molar-refractivity contribution < 1.29 is 4.79 Å². The van der Waals surface area contributed by atoms with Crippen LogP contribution in [-0.4, -0.2) is 22.2 Å². The molecule has 0 saturated heterocycles. The fourth-order valence-electron chi connectivity index (χ4n) is 1.87. The van der Waals surface area contributed by atoms with Gasteiger partial charge in [-0.15, -0.1) is 0 Å². The number of hydrogen-bond donors (Lipinski definition) is 1. The number of carbonyl (C=O) groups excluding carboxylic acids is 1. The Balaban J connectivity index is 2.10. The molecule has 0 bridgehead atoms. The maximum absolute atomic E-state index is 11.8. The lowest BCUT2D eigenvalue weighted by Crippen LogP contribution is -2.31. The van der Waals surface area contributed by atoms with Crippen molar-refractivity contribution in [3.05, 3.63) is 65.0 Å². The minimum atomic E-state index is -0.185. The zero-order chi connectivity index (χ0) is 15.1. The van der Waals surface area contributed by atoms with Crippen LogP contribution in [0.5, 0.6) is 0 Å². The molecule has 108 valence electrons. The van der Waals surface area contributed by atoms with Gasteiger partial charge >= 0.3 is 0 Å². The van der Waals surface area contributed by atoms with Crippen molar-refractivity contribution in [1.82, 2.24) is 15.1 Å². The van der Waals surface area contributed by atoms with Gasteiger partial charge in [0.25, 0.3) is 5.56 Å². The van der Waals surface area contributed by atoms with Crippen LogP contribution in [0.2, 0.25) is 0 Å². The SMILES string of the molecule is C/C=C/C(=O)NCCn1nc(-c2ccccc2)ccc1=O. The average Bonchev–Trinajstić information content (AvgIpc) is 2.50. The van der Waals surface area contributed by atoms with Gasteiger partial charge < -0.3 is 5.32 Å². The first-order valence-electron chi connectivity index (χ1n) is 6.75. The summed E-state index contributed by atoms with van der Waals surface area (Å²) >= 11 is 0. The predicted octanol–water partition coefficient (Wildman–Crippen LogP) is 1.60. The van der Waals surface area contributed by atoms with Crippen LogP contribution < -0.4 is 10.9 Å². The molecular formula is C16H17N3O2. The van der Waals surface area contributed by atoms with Crippen molar-refractivity contribution in [2.24, 2.45) is 0 Å². The number of carbonyl (C=O) groups is 1. The van der Waals surface area contributed by atoms with Crippen LogP contribution in [0.15, 0.2) is 59.4 Å². The van der Waals surface area contributed by atoms with Crippen molar-refractivity contribution in [3.8, 4) is 11.3 Å². The maximum atomic E-state index is 11.8. The number of benzene rings is 1. The van der Waals surface area contributed by atoms with Gasteiger partial charge in [-0.3, -0.25) is 9.59 Å². The molecule has 21 heavy (non-hydrogen) atoms. The molecular weight excluding hydrogens is 266 g/mol. The molecule has 0 saturated carbocycles. The lowest BCUT2D eigenvalue weighted by molar-refractivity contribution is -0.116. The van der Waals surface area contributed by atoms with Crippen LogP contribution in [0, 0.1) is 0 Å². The molecule has 0 aliphatic heterocycles. The molecule has 0 aliphatic rings. The van der Waals surface area contributed by atoms with Gasteiger partial charge in [-0.25, -0.2) is 4.68 Å². The van der Waals surface area contributed by atoms with Crippen molar-refractivity contribution in [3.63, 3.8) is 0 Å². The van der Waals surface area contributed by atoms with Gasteiger partial charge in [-0.05, 0) is 19.1 Å². The van der Waals surface area contributed by atoms with Crippen molar-refractivity contribution in [1.29, 1.82) is 0 Å². The smallest absolute Gasteiger partial charge is 0.266 e. The van der Waals surface area contributed by atoms with E-state index in [2.05, 4.69) is 10.4 Å². The Hall–Kier alpha value is -2.69. The third-order valence-electron chi connectivity index (χ3n) is 2.88. The first kappa shape index (κ1) is 14.7. The van der Waals surface area contributed by atoms with Gasteiger partial charge in [0.05, 0.1) is 12.2 Å². The zero-order valence-corrected chi connectivity index (χ0v) is 11.8. The molecule has 0 fully saturated rings. The molecule has 2 aromatic rings. The van der Waals surface area contributed by atoms with Crippen LogP contribution in [0.3, 0.4) is 0 Å². The number of aromatic nitrogens is 2. The van der Waals surface area contributed by atoms with Crippen molar-refractivity contribution in [2.75, 3.05) is 6.54 Å². The third-order valence-corrected chi connectivity index (χ3v) is 2.88. The second-order valence-electron chi connectivity index (χ2n) is 4.44. The summed E-state index contributed by atoms with van der Waals surface area (Å²) in [5.74, 6) is -0.176. The number of allylic oxidation sites excluding steroid dienone is 1. The molecule has 1 heterocycles. The van der Waals surface area contributed by atoms with E-state index in [-0.39, 0.29) is 11.5 Å². The van der Waals surface area contributed by atoms with E-state index in [0.717, 1.165) is 11.3 Å². The highest BCUT2D eigenvalue weighted by Crippen LogP contribution is 2.13. The third kappa shape index (κ3) is 4.14. The summed E-state index contributed by atoms with van der Waals surface area (Å²) in [6.07, 6.45) is 3.10. The minimum absolute atomic E-state index is 0.176. The van der Waals surface area contributed by atoms with Gasteiger partial charge in [0, 0.05) is 18.2 Å². The molecule has 0 atom stereocenters. The Bertz CT molecular complexity index is 690. The molecule has 2 rings (SSSR count). The quantitative estimate of drug-likeness (QED) is 0.848. The predicted molar refractivity (Wildman–Crippen MR) is 81.8 cm³/mol. The monoisotopic (exact) mass is 283 g/mol. The normalized spacial score (nSPS) is 10.7. The molecule has 5 nitrogen and oxygen atoms in total. The van der Waals surface area contributed by atoms with Crippen LogP contribution in [0.1, 0.15) is 6.92 Å². The highest BCUT2D eigenvalue weighted by Gasteiger charge is 2.03. The zero-order valence-electron chi connectivity index (χ0n) is 11.8. The van der Waals surface area contributed by atoms with Crippen LogP contribution in [0.4, 0.5) is 0 Å². The first-order chi connectivity index (χ1) is 10.2. The van der Waals surface area contributed by atoms with Crippen LogP contribution in [-0.2, 0) is 11.3 Å². The van der Waals surface area contributed by atoms with E-state index in [1.54, 1.807) is 19.1 Å². The van der Waals surface area contributed by atoms with E-state index >= 15 is 0 Å². The second-order valence-corrected chi connectivity index (χ2v) is 4.44. The number of nitrogens with zero attached hydrogens (tertiary/aromatic N) is 2. The molecule has 1 N–H and O–H groups in total. The molecule has 1 amide bonds. The second kappa shape index (κ2) is 7.19. The summed E-state index contributed by atoms with van der Waals surface area (Å²) in [4.78, 5) is 23.1. The fraction of sp³-hybridized carbons (Fsp3) is 0.188. The van der Waals surface area contributed by atoms with Gasteiger partial charge in [-0.1, -0.05) is 36.4 Å². The molecule has 1 aromatic heterocycles. The van der Waals surface area contributed by atoms with Gasteiger partial charge in [-0.2, -0.15) is 5.10 Å². The molecule has 1 aromatic carbocycles. The molecule has 0 aliphatic carbocycles. The Morgan fingerprint density at radius 1 is 1.24 bits per heavy atom. The summed E-state index contributed by atoms with van der Waals surface area (Å²) in [6, 6.07) is 12.8. The summed E-state index contributed by atoms with van der Waals surface area (Å²) in [5.41, 5.74) is 1.49. The number of amides is 1. The lowest BCUT2D eigenvalue weighted by atomic mass is 10.1. The van der Waals surface area contributed by atoms with E-state index in [0.29, 0.717) is 13.1 Å². The van der Waals surface area contributed by atoms with E-state index in [1.807, 2.05) is 30.3 Å². The number of nitrogens with one attached hydrogen (secondary N) is 1. The number of hydrogen-bond acceptors (Lipinski definition) is 3. The largest absolute Gasteiger partial charge is 0.351 e. The highest BCUT2D eigenvalue weighted by atomic mass is 16.1. The van der Waals surface area contributed by atoms with Crippen molar-refractivity contribution in [2.45, 2.75) is 13.5 Å². The summed E-state index contributed by atoms with van der Waals surface area (Å²) in [5, 5.41) is 7.01. The van der Waals surface area contributed by atoms with E-state index in [4.69, 9.17) is 0 Å². The summed E-state index contributed by atoms with van der Waals surface area (Å²) < 4.78 is 1.36. The van der Waals surface area contributed by atoms with Gasteiger partial charge in [0.2, 0.25) is 5.91 Å². The van der Waals surface area contributed by atoms with E-state index in [1.165, 1.54) is 16.8 Å². The first-order valence-corrected chi connectivity index (χ1v) is 6.75. The Kier molecular flexibility index (Phi) is 5.04. The Labute approximate surface area is 122 Å². The Morgan fingerprint density at radius 2 is 2.00 bits per heavy atom. The summed E-state index contributed by atoms with van der Waals surface area (Å²) in [7, 11) is 0. The van der Waals surface area contributed by atoms with Crippen molar-refractivity contribution >= 4 is 5.91 Å². The van der Waals surface area contributed by atoms with Crippen LogP contribution >= 0.6 is 0 Å². The van der Waals surface area contributed by atoms with E-state index < -0.39 is 0 Å². The van der Waals surface area contributed by atoms with Crippen LogP contribution in [0.25, 0.3) is 11.3 Å². The lowest BCUT2D eigenvalue weighted by Gasteiger charge is -2.07.